The molecule has 0 radical (unpaired) electrons. The van der Waals surface area contributed by atoms with Gasteiger partial charge in [0.05, 0.1) is 6.54 Å². The van der Waals surface area contributed by atoms with E-state index >= 15 is 0 Å². The fourth-order valence-electron chi connectivity index (χ4n) is 1.54. The number of aryl methyl sites for hydroxylation is 1. The minimum atomic E-state index is 0.577. The second-order valence-corrected chi connectivity index (χ2v) is 4.40. The number of hydrogen-bond acceptors (Lipinski definition) is 3. The molecule has 4 heteroatoms. The van der Waals surface area contributed by atoms with Crippen molar-refractivity contribution < 1.29 is 0 Å². The normalized spacial score (nSPS) is 12.1. The van der Waals surface area contributed by atoms with E-state index in [1.165, 1.54) is 0 Å². The molecule has 0 aliphatic carbocycles. The highest BCUT2D eigenvalue weighted by atomic mass is 35.5. The van der Waals surface area contributed by atoms with E-state index in [-0.39, 0.29) is 0 Å². The van der Waals surface area contributed by atoms with Crippen LogP contribution in [0.3, 0.4) is 0 Å². The highest BCUT2D eigenvalue weighted by Crippen LogP contribution is 2.15. The zero-order chi connectivity index (χ0) is 13.4. The molecule has 0 aromatic heterocycles. The average Bonchev–Trinajstić information content (AvgIpc) is 2.32. The maximum Gasteiger partial charge on any atom is 0.0642 e. The van der Waals surface area contributed by atoms with Crippen molar-refractivity contribution in [2.75, 3.05) is 6.54 Å². The fourth-order valence-corrected chi connectivity index (χ4v) is 1.77. The van der Waals surface area contributed by atoms with Crippen molar-refractivity contribution in [2.45, 2.75) is 19.9 Å². The lowest BCUT2D eigenvalue weighted by molar-refractivity contribution is 0.976. The van der Waals surface area contributed by atoms with Gasteiger partial charge in [-0.15, -0.1) is 0 Å². The van der Waals surface area contributed by atoms with Crippen LogP contribution in [0.5, 0.6) is 0 Å². The number of hydrogen-bond donors (Lipinski definition) is 1. The van der Waals surface area contributed by atoms with E-state index in [0.717, 1.165) is 28.1 Å². The molecule has 0 saturated carbocycles. The lowest BCUT2D eigenvalue weighted by atomic mass is 10.1. The van der Waals surface area contributed by atoms with Crippen molar-refractivity contribution in [2.24, 2.45) is 15.7 Å². The number of nitrogens with two attached hydrogens (primary N) is 1. The first-order valence-corrected chi connectivity index (χ1v) is 6.15. The van der Waals surface area contributed by atoms with Crippen LogP contribution in [-0.4, -0.2) is 19.5 Å². The largest absolute Gasteiger partial charge is 0.330 e. The second-order valence-electron chi connectivity index (χ2n) is 3.97. The summed E-state index contributed by atoms with van der Waals surface area (Å²) in [5, 5.41) is 0.750. The van der Waals surface area contributed by atoms with Gasteiger partial charge in [-0.25, -0.2) is 0 Å². The van der Waals surface area contributed by atoms with Gasteiger partial charge in [-0.2, -0.15) is 0 Å². The Morgan fingerprint density at radius 3 is 2.89 bits per heavy atom. The molecule has 0 atom stereocenters. The molecule has 0 saturated heterocycles. The van der Waals surface area contributed by atoms with Crippen molar-refractivity contribution >= 4 is 24.5 Å². The summed E-state index contributed by atoms with van der Waals surface area (Å²) in [6.07, 6.45) is 4.24. The predicted octanol–water partition coefficient (Wildman–Crippen LogP) is 3.15. The van der Waals surface area contributed by atoms with Crippen LogP contribution in [-0.2, 0) is 6.54 Å². The van der Waals surface area contributed by atoms with Crippen LogP contribution < -0.4 is 5.73 Å². The van der Waals surface area contributed by atoms with Crippen LogP contribution in [0.15, 0.2) is 40.0 Å². The summed E-state index contributed by atoms with van der Waals surface area (Å²) in [5.41, 5.74) is 8.80. The van der Waals surface area contributed by atoms with Gasteiger partial charge in [-0.3, -0.25) is 9.98 Å². The molecule has 1 aromatic rings. The van der Waals surface area contributed by atoms with Crippen LogP contribution in [0.1, 0.15) is 17.5 Å². The van der Waals surface area contributed by atoms with Crippen molar-refractivity contribution in [3.63, 3.8) is 0 Å². The van der Waals surface area contributed by atoms with Crippen LogP contribution in [0.25, 0.3) is 0 Å². The van der Waals surface area contributed by atoms with Crippen LogP contribution in [0.2, 0.25) is 5.02 Å². The molecule has 0 amide bonds. The van der Waals surface area contributed by atoms with Gasteiger partial charge in [0, 0.05) is 17.4 Å². The third kappa shape index (κ3) is 4.82. The number of nitrogens with zero attached hydrogens (tertiary/aromatic N) is 2. The zero-order valence-electron chi connectivity index (χ0n) is 10.6. The average molecular weight is 264 g/mol. The third-order valence-electron chi connectivity index (χ3n) is 2.51. The van der Waals surface area contributed by atoms with E-state index in [9.17, 15) is 0 Å². The Morgan fingerprint density at radius 2 is 2.28 bits per heavy atom. The molecule has 0 aliphatic heterocycles. The van der Waals surface area contributed by atoms with Gasteiger partial charge in [0.1, 0.15) is 0 Å². The van der Waals surface area contributed by atoms with E-state index in [0.29, 0.717) is 13.1 Å². The fraction of sp³-hybridized carbons (Fsp3) is 0.286. The van der Waals surface area contributed by atoms with Gasteiger partial charge in [0.2, 0.25) is 0 Å². The number of benzene rings is 1. The molecular formula is C14H18ClN3. The van der Waals surface area contributed by atoms with Crippen molar-refractivity contribution in [1.29, 1.82) is 0 Å². The van der Waals surface area contributed by atoms with Gasteiger partial charge < -0.3 is 5.73 Å². The SMILES string of the molecule is C=N/C=C(\C=N/Cc1ccc(Cl)cc1C)CCN. The van der Waals surface area contributed by atoms with Crippen molar-refractivity contribution in [1.82, 2.24) is 0 Å². The smallest absolute Gasteiger partial charge is 0.0642 e. The lowest BCUT2D eigenvalue weighted by Crippen LogP contribution is -2.01. The molecule has 0 spiro atoms. The highest BCUT2D eigenvalue weighted by molar-refractivity contribution is 6.30. The summed E-state index contributed by atoms with van der Waals surface area (Å²) < 4.78 is 0. The molecule has 1 aromatic carbocycles. The Balaban J connectivity index is 2.68. The molecule has 3 nitrogen and oxygen atoms in total. The van der Waals surface area contributed by atoms with E-state index < -0.39 is 0 Å². The Kier molecular flexibility index (Phi) is 6.33. The second kappa shape index (κ2) is 7.80. The van der Waals surface area contributed by atoms with Gasteiger partial charge in [-0.1, -0.05) is 17.7 Å². The quantitative estimate of drug-likeness (QED) is 0.788. The van der Waals surface area contributed by atoms with E-state index in [2.05, 4.69) is 16.7 Å². The van der Waals surface area contributed by atoms with Crippen LogP contribution in [0, 0.1) is 6.92 Å². The van der Waals surface area contributed by atoms with E-state index in [4.69, 9.17) is 17.3 Å². The van der Waals surface area contributed by atoms with Gasteiger partial charge in [0.15, 0.2) is 0 Å². The minimum Gasteiger partial charge on any atom is -0.330 e. The summed E-state index contributed by atoms with van der Waals surface area (Å²) >= 11 is 5.90. The Morgan fingerprint density at radius 1 is 1.50 bits per heavy atom. The van der Waals surface area contributed by atoms with E-state index in [1.807, 2.05) is 25.1 Å². The maximum atomic E-state index is 5.90. The predicted molar refractivity (Wildman–Crippen MR) is 79.7 cm³/mol. The molecule has 96 valence electrons. The topological polar surface area (TPSA) is 50.7 Å². The Hall–Kier alpha value is -1.45. The summed E-state index contributed by atoms with van der Waals surface area (Å²) in [4.78, 5) is 8.12. The number of rotatable bonds is 6. The summed E-state index contributed by atoms with van der Waals surface area (Å²) in [6.45, 7) is 6.66. The first kappa shape index (κ1) is 14.6. The van der Waals surface area contributed by atoms with Gasteiger partial charge in [-0.05, 0) is 55.4 Å². The molecule has 0 aliphatic rings. The molecular weight excluding hydrogens is 246 g/mol. The maximum absolute atomic E-state index is 5.90. The molecule has 2 N–H and O–H groups in total. The van der Waals surface area contributed by atoms with Crippen LogP contribution in [0.4, 0.5) is 0 Å². The van der Waals surface area contributed by atoms with Crippen LogP contribution >= 0.6 is 11.6 Å². The molecule has 1 rings (SSSR count). The number of halogens is 1. The Bertz CT molecular complexity index is 464. The van der Waals surface area contributed by atoms with Crippen molar-refractivity contribution in [3.05, 3.63) is 46.1 Å². The zero-order valence-corrected chi connectivity index (χ0v) is 11.3. The van der Waals surface area contributed by atoms with Crippen molar-refractivity contribution in [3.8, 4) is 0 Å². The first-order chi connectivity index (χ1) is 8.67. The summed E-state index contributed by atoms with van der Waals surface area (Å²) in [5.74, 6) is 0. The monoisotopic (exact) mass is 263 g/mol. The van der Waals surface area contributed by atoms with E-state index in [1.54, 1.807) is 12.4 Å². The third-order valence-corrected chi connectivity index (χ3v) is 2.75. The number of aliphatic imine (C=N–C) groups is 2. The first-order valence-electron chi connectivity index (χ1n) is 5.77. The standard InChI is InChI=1S/C14H18ClN3/c1-11-7-14(15)4-3-13(11)10-18-9-12(5-6-16)8-17-2/h3-4,7-9H,2,5-6,10,16H2,1H3/b12-8-,18-9-. The summed E-state index contributed by atoms with van der Waals surface area (Å²) in [7, 11) is 0. The molecule has 0 unspecified atom stereocenters. The summed E-state index contributed by atoms with van der Waals surface area (Å²) in [6, 6.07) is 5.81. The van der Waals surface area contributed by atoms with Gasteiger partial charge >= 0.3 is 0 Å². The molecule has 0 fully saturated rings. The minimum absolute atomic E-state index is 0.577. The highest BCUT2D eigenvalue weighted by Gasteiger charge is 1.98. The molecule has 0 bridgehead atoms. The lowest BCUT2D eigenvalue weighted by Gasteiger charge is -2.03. The Labute approximate surface area is 113 Å². The van der Waals surface area contributed by atoms with Gasteiger partial charge in [0.25, 0.3) is 0 Å². The molecule has 18 heavy (non-hydrogen) atoms. The molecule has 0 heterocycles.